The molecule has 0 amide bonds. The fraction of sp³-hybridized carbons (Fsp3) is 0.150. The number of allylic oxidation sites excluding steroid dienone is 2. The van der Waals surface area contributed by atoms with Crippen LogP contribution in [0.4, 0.5) is 0 Å². The molecule has 2 aromatic heterocycles. The number of halogens is 1. The molecule has 7 heteroatoms. The molecule has 27 heavy (non-hydrogen) atoms. The van der Waals surface area contributed by atoms with Crippen LogP contribution in [0.1, 0.15) is 19.5 Å². The average Bonchev–Trinajstić information content (AvgIpc) is 3.04. The maximum absolute atomic E-state index is 10.0. The number of benzene rings is 1. The van der Waals surface area contributed by atoms with E-state index in [2.05, 4.69) is 32.0 Å². The summed E-state index contributed by atoms with van der Waals surface area (Å²) in [5, 5.41) is 8.36. The molecule has 3 aromatic rings. The van der Waals surface area contributed by atoms with Crippen molar-refractivity contribution < 1.29 is 31.0 Å². The summed E-state index contributed by atoms with van der Waals surface area (Å²) in [5.41, 5.74) is 2.95. The number of carbonyl (C=O) groups excluding carboxylic acids is 1. The van der Waals surface area contributed by atoms with Gasteiger partial charge < -0.3 is 9.67 Å². The van der Waals surface area contributed by atoms with Gasteiger partial charge >= 0.3 is 0 Å². The Bertz CT molecular complexity index is 934. The van der Waals surface area contributed by atoms with Crippen LogP contribution in [0.15, 0.2) is 65.2 Å². The van der Waals surface area contributed by atoms with Gasteiger partial charge in [-0.3, -0.25) is 14.8 Å². The fourth-order valence-corrected chi connectivity index (χ4v) is 2.65. The van der Waals surface area contributed by atoms with Crippen LogP contribution in [0.2, 0.25) is 0 Å². The van der Waals surface area contributed by atoms with Gasteiger partial charge in [0, 0.05) is 45.7 Å². The summed E-state index contributed by atoms with van der Waals surface area (Å²) >= 11 is 3.47. The fourth-order valence-electron chi connectivity index (χ4n) is 2.29. The van der Waals surface area contributed by atoms with Crippen molar-refractivity contribution in [1.29, 1.82) is 0 Å². The monoisotopic (exact) mass is 607 g/mol. The first kappa shape index (κ1) is 23.0. The molecule has 0 radical (unpaired) electrons. The van der Waals surface area contributed by atoms with Crippen LogP contribution in [-0.2, 0) is 25.9 Å². The van der Waals surface area contributed by atoms with Crippen molar-refractivity contribution in [3.63, 3.8) is 0 Å². The first-order valence-electron chi connectivity index (χ1n) is 7.89. The molecule has 0 aliphatic rings. The Labute approximate surface area is 181 Å². The molecule has 2 heterocycles. The third-order valence-electron chi connectivity index (χ3n) is 3.30. The normalized spacial score (nSPS) is 10.4. The van der Waals surface area contributed by atoms with Crippen LogP contribution in [-0.4, -0.2) is 25.4 Å². The minimum atomic E-state index is -0.125. The maximum Gasteiger partial charge on any atom is 0.155 e. The second-order valence-corrected chi connectivity index (χ2v) is 6.46. The van der Waals surface area contributed by atoms with Gasteiger partial charge in [0.05, 0.1) is 23.0 Å². The predicted octanol–water partition coefficient (Wildman–Crippen LogP) is 4.84. The van der Waals surface area contributed by atoms with Crippen LogP contribution in [0.25, 0.3) is 17.1 Å². The van der Waals surface area contributed by atoms with E-state index in [0.717, 1.165) is 27.2 Å². The van der Waals surface area contributed by atoms with E-state index in [4.69, 9.17) is 5.11 Å². The molecule has 144 valence electrons. The summed E-state index contributed by atoms with van der Waals surface area (Å²) in [7, 11) is 0. The molecule has 0 saturated carbocycles. The predicted molar refractivity (Wildman–Crippen MR) is 105 cm³/mol. The van der Waals surface area contributed by atoms with Gasteiger partial charge in [-0.05, 0) is 32.9 Å². The summed E-state index contributed by atoms with van der Waals surface area (Å²) < 4.78 is 3.04. The zero-order valence-corrected chi connectivity index (χ0v) is 18.9. The topological polar surface area (TPSA) is 68.0 Å². The number of hydrogen-bond acceptors (Lipinski definition) is 4. The third-order valence-corrected chi connectivity index (χ3v) is 3.79. The number of imidazole rings is 1. The van der Waals surface area contributed by atoms with Crippen molar-refractivity contribution >= 4 is 21.7 Å². The number of aryl methyl sites for hydroxylation is 1. The molecule has 0 atom stereocenters. The van der Waals surface area contributed by atoms with Gasteiger partial charge in [-0.2, -0.15) is 0 Å². The molecule has 0 saturated heterocycles. The molecule has 3 rings (SSSR count). The second-order valence-electron chi connectivity index (χ2n) is 5.55. The number of aliphatic hydroxyl groups is 1. The minimum absolute atomic E-state index is 0. The van der Waals surface area contributed by atoms with E-state index in [-0.39, 0.29) is 32.6 Å². The summed E-state index contributed by atoms with van der Waals surface area (Å²) in [6.45, 7) is 4.84. The summed E-state index contributed by atoms with van der Waals surface area (Å²) in [6.07, 6.45) is 6.69. The maximum atomic E-state index is 10.0. The Morgan fingerprint density at radius 1 is 1.26 bits per heavy atom. The van der Waals surface area contributed by atoms with Gasteiger partial charge in [-0.1, -0.05) is 20.4 Å². The third kappa shape index (κ3) is 6.89. The zero-order chi connectivity index (χ0) is 19.1. The van der Waals surface area contributed by atoms with Crippen molar-refractivity contribution in [1.82, 2.24) is 14.5 Å². The van der Waals surface area contributed by atoms with Gasteiger partial charge in [0.25, 0.3) is 0 Å². The Morgan fingerprint density at radius 2 is 2.00 bits per heavy atom. The minimum Gasteiger partial charge on any atom is -0.512 e. The number of nitrogens with zero attached hydrogens (tertiary/aromatic N) is 3. The largest absolute Gasteiger partial charge is 0.512 e. The van der Waals surface area contributed by atoms with Crippen LogP contribution < -0.4 is 0 Å². The molecule has 1 N–H and O–H groups in total. The zero-order valence-electron chi connectivity index (χ0n) is 15.1. The molecule has 0 bridgehead atoms. The summed E-state index contributed by atoms with van der Waals surface area (Å²) in [6, 6.07) is 13.0. The summed E-state index contributed by atoms with van der Waals surface area (Å²) in [5.74, 6) is 0.796. The SMILES string of the molecule is CC(=O)/C=C(/C)O.Cc1ncccc1-n1ccnc1-c1[c-]ccc(Br)c1.[Pt]. The van der Waals surface area contributed by atoms with E-state index in [0.29, 0.717) is 0 Å². The summed E-state index contributed by atoms with van der Waals surface area (Å²) in [4.78, 5) is 18.8. The first-order valence-corrected chi connectivity index (χ1v) is 8.68. The van der Waals surface area contributed by atoms with Crippen molar-refractivity contribution in [2.24, 2.45) is 0 Å². The molecular formula is C20H19BrN3O2Pt-. The molecule has 5 nitrogen and oxygen atoms in total. The molecular weight excluding hydrogens is 589 g/mol. The standard InChI is InChI=1S/C15H11BrN3.C5H8O2.Pt/c1-11-14(6-3-7-17-11)19-9-8-18-15(19)12-4-2-5-13(16)10-12;1-4(6)3-5(2)7;/h2-3,5-10H,1H3;3,6H,1-2H3;/q-1;;/b;4-3-;. The molecule has 0 fully saturated rings. The molecule has 1 aromatic carbocycles. The van der Waals surface area contributed by atoms with E-state index in [1.165, 1.54) is 19.9 Å². The van der Waals surface area contributed by atoms with E-state index in [1.807, 2.05) is 48.0 Å². The number of aromatic nitrogens is 3. The van der Waals surface area contributed by atoms with Gasteiger partial charge in [-0.15, -0.1) is 29.8 Å². The van der Waals surface area contributed by atoms with Gasteiger partial charge in [0.2, 0.25) is 0 Å². The van der Waals surface area contributed by atoms with Gasteiger partial charge in [-0.25, -0.2) is 0 Å². The van der Waals surface area contributed by atoms with Crippen LogP contribution in [0.5, 0.6) is 0 Å². The number of pyridine rings is 1. The number of aliphatic hydroxyl groups excluding tert-OH is 1. The number of rotatable bonds is 3. The van der Waals surface area contributed by atoms with Crippen LogP contribution in [0, 0.1) is 13.0 Å². The van der Waals surface area contributed by atoms with Crippen LogP contribution >= 0.6 is 15.9 Å². The quantitative estimate of drug-likeness (QED) is 0.263. The van der Waals surface area contributed by atoms with Crippen molar-refractivity contribution in [2.75, 3.05) is 0 Å². The van der Waals surface area contributed by atoms with E-state index >= 15 is 0 Å². The van der Waals surface area contributed by atoms with Crippen molar-refractivity contribution in [2.45, 2.75) is 20.8 Å². The second kappa shape index (κ2) is 11.0. The van der Waals surface area contributed by atoms with Crippen LogP contribution in [0.3, 0.4) is 0 Å². The molecule has 0 spiro atoms. The number of ketones is 1. The Morgan fingerprint density at radius 3 is 2.56 bits per heavy atom. The number of hydrogen-bond donors (Lipinski definition) is 1. The molecule has 0 unspecified atom stereocenters. The Hall–Kier alpha value is -2.04. The number of carbonyl (C=O) groups is 1. The van der Waals surface area contributed by atoms with E-state index in [9.17, 15) is 4.79 Å². The van der Waals surface area contributed by atoms with Crippen molar-refractivity contribution in [3.05, 3.63) is 77.0 Å². The molecule has 0 aliphatic heterocycles. The van der Waals surface area contributed by atoms with Crippen molar-refractivity contribution in [3.8, 4) is 17.1 Å². The average molecular weight is 608 g/mol. The van der Waals surface area contributed by atoms with Gasteiger partial charge in [0.1, 0.15) is 0 Å². The molecule has 0 aliphatic carbocycles. The Kier molecular flexibility index (Phi) is 9.33. The van der Waals surface area contributed by atoms with E-state index < -0.39 is 0 Å². The Balaban J connectivity index is 0.000000395. The van der Waals surface area contributed by atoms with Gasteiger partial charge in [0.15, 0.2) is 5.78 Å². The van der Waals surface area contributed by atoms with E-state index in [1.54, 1.807) is 12.4 Å². The smallest absolute Gasteiger partial charge is 0.155 e. The first-order chi connectivity index (χ1) is 12.4.